The monoisotopic (exact) mass is 340 g/mol. The lowest BCUT2D eigenvalue weighted by molar-refractivity contribution is 0.0288. The predicted octanol–water partition coefficient (Wildman–Crippen LogP) is 3.13. The van der Waals surface area contributed by atoms with Gasteiger partial charge in [-0.25, -0.2) is 14.8 Å². The third-order valence-electron chi connectivity index (χ3n) is 3.62. The van der Waals surface area contributed by atoms with E-state index in [2.05, 4.69) is 9.97 Å². The van der Waals surface area contributed by atoms with Crippen LogP contribution < -0.4 is 4.90 Å². The third kappa shape index (κ3) is 5.23. The quantitative estimate of drug-likeness (QED) is 0.791. The number of aromatic nitrogens is 2. The number of rotatable bonds is 3. The van der Waals surface area contributed by atoms with Gasteiger partial charge >= 0.3 is 6.09 Å². The highest BCUT2D eigenvalue weighted by Gasteiger charge is 2.30. The molecule has 0 unspecified atom stereocenters. The number of amides is 1. The average molecular weight is 341 g/mol. The fourth-order valence-electron chi connectivity index (χ4n) is 2.63. The lowest BCUT2D eigenvalue weighted by atomic mass is 10.1. The number of likely N-dealkylation sites (tertiary alicyclic amines) is 1. The molecule has 1 fully saturated rings. The minimum Gasteiger partial charge on any atom is -0.444 e. The Bertz CT molecular complexity index is 553. The van der Waals surface area contributed by atoms with Crippen LogP contribution in [-0.4, -0.2) is 53.2 Å². The van der Waals surface area contributed by atoms with Crippen LogP contribution in [0.1, 0.15) is 32.9 Å². The standard InChI is InChI=1S/C16H25ClN4O2/c1-11-8-13(17)19-14(18-11)20(5)9-12-6-7-21(10-12)15(22)23-16(2,3)4/h8,12H,6-7,9-10H2,1-5H3/t12-/m0/s1. The van der Waals surface area contributed by atoms with Crippen LogP contribution in [0.4, 0.5) is 10.7 Å². The van der Waals surface area contributed by atoms with Crippen molar-refractivity contribution in [3.8, 4) is 0 Å². The van der Waals surface area contributed by atoms with E-state index in [9.17, 15) is 4.79 Å². The molecule has 1 aromatic heterocycles. The molecule has 1 aliphatic rings. The summed E-state index contributed by atoms with van der Waals surface area (Å²) in [7, 11) is 1.95. The van der Waals surface area contributed by atoms with Gasteiger partial charge in [0.1, 0.15) is 10.8 Å². The maximum absolute atomic E-state index is 12.1. The molecule has 7 heteroatoms. The summed E-state index contributed by atoms with van der Waals surface area (Å²) in [5, 5.41) is 0.446. The fourth-order valence-corrected chi connectivity index (χ4v) is 2.86. The molecule has 0 N–H and O–H groups in total. The zero-order valence-corrected chi connectivity index (χ0v) is 15.2. The van der Waals surface area contributed by atoms with Crippen LogP contribution >= 0.6 is 11.6 Å². The number of halogens is 1. The van der Waals surface area contributed by atoms with Gasteiger partial charge in [-0.3, -0.25) is 0 Å². The summed E-state index contributed by atoms with van der Waals surface area (Å²) in [6.07, 6.45) is 0.709. The number of ether oxygens (including phenoxy) is 1. The van der Waals surface area contributed by atoms with Gasteiger partial charge in [0.05, 0.1) is 0 Å². The number of nitrogens with zero attached hydrogens (tertiary/aromatic N) is 4. The molecule has 0 saturated carbocycles. The average Bonchev–Trinajstić information content (AvgIpc) is 2.84. The normalized spacial score (nSPS) is 18.2. The summed E-state index contributed by atoms with van der Waals surface area (Å²) in [6, 6.07) is 1.73. The molecule has 0 radical (unpaired) electrons. The number of hydrogen-bond acceptors (Lipinski definition) is 5. The second-order valence-electron chi connectivity index (χ2n) is 7.09. The van der Waals surface area contributed by atoms with Crippen LogP contribution in [0.5, 0.6) is 0 Å². The van der Waals surface area contributed by atoms with Crippen LogP contribution in [0.2, 0.25) is 5.15 Å². The molecule has 1 aromatic rings. The SMILES string of the molecule is Cc1cc(Cl)nc(N(C)C[C@@H]2CCN(C(=O)OC(C)(C)C)C2)n1. The number of carbonyl (C=O) groups is 1. The Morgan fingerprint density at radius 2 is 2.17 bits per heavy atom. The van der Waals surface area contributed by atoms with Gasteiger partial charge in [-0.15, -0.1) is 0 Å². The number of carbonyl (C=O) groups excluding carboxylic acids is 1. The van der Waals surface area contributed by atoms with Gasteiger partial charge in [-0.05, 0) is 46.1 Å². The summed E-state index contributed by atoms with van der Waals surface area (Å²) in [5.41, 5.74) is 0.381. The first-order valence-electron chi connectivity index (χ1n) is 7.84. The van der Waals surface area contributed by atoms with Crippen molar-refractivity contribution in [3.63, 3.8) is 0 Å². The van der Waals surface area contributed by atoms with E-state index in [-0.39, 0.29) is 6.09 Å². The summed E-state index contributed by atoms with van der Waals surface area (Å²) in [6.45, 7) is 9.73. The van der Waals surface area contributed by atoms with E-state index in [0.29, 0.717) is 23.6 Å². The first-order chi connectivity index (χ1) is 10.6. The van der Waals surface area contributed by atoms with E-state index < -0.39 is 5.60 Å². The first kappa shape index (κ1) is 17.8. The van der Waals surface area contributed by atoms with E-state index >= 15 is 0 Å². The Hall–Kier alpha value is -1.56. The van der Waals surface area contributed by atoms with E-state index in [4.69, 9.17) is 16.3 Å². The van der Waals surface area contributed by atoms with Crippen molar-refractivity contribution in [2.24, 2.45) is 5.92 Å². The highest BCUT2D eigenvalue weighted by atomic mass is 35.5. The lowest BCUT2D eigenvalue weighted by Crippen LogP contribution is -2.36. The summed E-state index contributed by atoms with van der Waals surface area (Å²) < 4.78 is 5.42. The van der Waals surface area contributed by atoms with E-state index in [1.54, 1.807) is 11.0 Å². The molecule has 23 heavy (non-hydrogen) atoms. The summed E-state index contributed by atoms with van der Waals surface area (Å²) >= 11 is 5.99. The van der Waals surface area contributed by atoms with E-state index in [1.165, 1.54) is 0 Å². The summed E-state index contributed by atoms with van der Waals surface area (Å²) in [5.74, 6) is 0.987. The lowest BCUT2D eigenvalue weighted by Gasteiger charge is -2.25. The Morgan fingerprint density at radius 3 is 2.78 bits per heavy atom. The molecule has 1 amide bonds. The fraction of sp³-hybridized carbons (Fsp3) is 0.688. The van der Waals surface area contributed by atoms with Crippen molar-refractivity contribution in [3.05, 3.63) is 16.9 Å². The molecular weight excluding hydrogens is 316 g/mol. The van der Waals surface area contributed by atoms with Crippen molar-refractivity contribution in [1.29, 1.82) is 0 Å². The largest absolute Gasteiger partial charge is 0.444 e. The Kier molecular flexibility index (Phi) is 5.34. The molecule has 2 rings (SSSR count). The molecule has 0 spiro atoms. The van der Waals surface area contributed by atoms with Crippen LogP contribution in [0.25, 0.3) is 0 Å². The second kappa shape index (κ2) is 6.91. The highest BCUT2D eigenvalue weighted by molar-refractivity contribution is 6.29. The van der Waals surface area contributed by atoms with Gasteiger partial charge in [0.2, 0.25) is 5.95 Å². The van der Waals surface area contributed by atoms with Gasteiger partial charge in [-0.1, -0.05) is 11.6 Å². The van der Waals surface area contributed by atoms with Crippen LogP contribution in [0.3, 0.4) is 0 Å². The molecular formula is C16H25ClN4O2. The molecule has 0 bridgehead atoms. The van der Waals surface area contributed by atoms with Crippen molar-refractivity contribution >= 4 is 23.6 Å². The smallest absolute Gasteiger partial charge is 0.410 e. The van der Waals surface area contributed by atoms with Crippen LogP contribution in [0, 0.1) is 12.8 Å². The molecule has 0 aromatic carbocycles. The number of anilines is 1. The molecule has 0 aliphatic carbocycles. The summed E-state index contributed by atoms with van der Waals surface area (Å²) in [4.78, 5) is 24.5. The maximum atomic E-state index is 12.1. The molecule has 1 saturated heterocycles. The van der Waals surface area contributed by atoms with Crippen LogP contribution in [-0.2, 0) is 4.74 Å². The minimum atomic E-state index is -0.460. The Labute approximate surface area is 142 Å². The second-order valence-corrected chi connectivity index (χ2v) is 7.48. The van der Waals surface area contributed by atoms with Gasteiger partial charge in [0.15, 0.2) is 0 Å². The van der Waals surface area contributed by atoms with Gasteiger partial charge in [-0.2, -0.15) is 0 Å². The third-order valence-corrected chi connectivity index (χ3v) is 3.82. The number of aryl methyl sites for hydroxylation is 1. The van der Waals surface area contributed by atoms with E-state index in [0.717, 1.165) is 25.2 Å². The molecule has 6 nitrogen and oxygen atoms in total. The van der Waals surface area contributed by atoms with Crippen molar-refractivity contribution < 1.29 is 9.53 Å². The molecule has 2 heterocycles. The van der Waals surface area contributed by atoms with Crippen molar-refractivity contribution in [2.45, 2.75) is 39.7 Å². The first-order valence-corrected chi connectivity index (χ1v) is 8.22. The van der Waals surface area contributed by atoms with Gasteiger partial charge < -0.3 is 14.5 Å². The molecule has 128 valence electrons. The Balaban J connectivity index is 1.91. The highest BCUT2D eigenvalue weighted by Crippen LogP contribution is 2.22. The maximum Gasteiger partial charge on any atom is 0.410 e. The predicted molar refractivity (Wildman–Crippen MR) is 91.0 cm³/mol. The van der Waals surface area contributed by atoms with Crippen LogP contribution in [0.15, 0.2) is 6.07 Å². The number of hydrogen-bond donors (Lipinski definition) is 0. The van der Waals surface area contributed by atoms with E-state index in [1.807, 2.05) is 39.6 Å². The zero-order valence-electron chi connectivity index (χ0n) is 14.5. The zero-order chi connectivity index (χ0) is 17.2. The van der Waals surface area contributed by atoms with Crippen molar-refractivity contribution in [1.82, 2.24) is 14.9 Å². The molecule has 1 aliphatic heterocycles. The van der Waals surface area contributed by atoms with Gasteiger partial charge in [0, 0.05) is 32.4 Å². The van der Waals surface area contributed by atoms with Crippen molar-refractivity contribution in [2.75, 3.05) is 31.6 Å². The Morgan fingerprint density at radius 1 is 1.48 bits per heavy atom. The van der Waals surface area contributed by atoms with Gasteiger partial charge in [0.25, 0.3) is 0 Å². The molecule has 1 atom stereocenters. The minimum absolute atomic E-state index is 0.238. The topological polar surface area (TPSA) is 58.6 Å².